The van der Waals surface area contributed by atoms with E-state index < -0.39 is 0 Å². The highest BCUT2D eigenvalue weighted by Gasteiger charge is 2.07. The summed E-state index contributed by atoms with van der Waals surface area (Å²) in [5.74, 6) is -0.0786. The molecule has 0 fully saturated rings. The van der Waals surface area contributed by atoms with Crippen LogP contribution >= 0.6 is 23.2 Å². The summed E-state index contributed by atoms with van der Waals surface area (Å²) in [6, 6.07) is 5.14. The Bertz CT molecular complexity index is 369. The van der Waals surface area contributed by atoms with Gasteiger partial charge in [0.2, 0.25) is 5.91 Å². The van der Waals surface area contributed by atoms with Crippen molar-refractivity contribution < 1.29 is 4.79 Å². The number of hydrogen-bond donors (Lipinski definition) is 2. The van der Waals surface area contributed by atoms with E-state index in [4.69, 9.17) is 23.2 Å². The number of carbonyl (C=O) groups excluding carboxylic acids is 1. The van der Waals surface area contributed by atoms with E-state index >= 15 is 0 Å². The van der Waals surface area contributed by atoms with Crippen LogP contribution in [-0.2, 0) is 4.79 Å². The molecule has 0 aliphatic carbocycles. The SMILES string of the molecule is CCNCCC(=O)Nc1cccc(Cl)c1Cl. The number of benzene rings is 1. The number of rotatable bonds is 5. The van der Waals surface area contributed by atoms with Crippen molar-refractivity contribution in [1.82, 2.24) is 5.32 Å². The molecule has 0 radical (unpaired) electrons. The summed E-state index contributed by atoms with van der Waals surface area (Å²) in [7, 11) is 0. The van der Waals surface area contributed by atoms with Crippen molar-refractivity contribution >= 4 is 34.8 Å². The first kappa shape index (κ1) is 13.3. The van der Waals surface area contributed by atoms with E-state index in [0.717, 1.165) is 6.54 Å². The third kappa shape index (κ3) is 4.00. The molecule has 0 aliphatic rings. The normalized spacial score (nSPS) is 10.2. The molecular weight excluding hydrogens is 247 g/mol. The van der Waals surface area contributed by atoms with E-state index in [-0.39, 0.29) is 5.91 Å². The molecule has 0 aromatic heterocycles. The first-order valence-electron chi connectivity index (χ1n) is 5.09. The minimum Gasteiger partial charge on any atom is -0.325 e. The lowest BCUT2D eigenvalue weighted by molar-refractivity contribution is -0.116. The Hall–Kier alpha value is -0.770. The highest BCUT2D eigenvalue weighted by Crippen LogP contribution is 2.29. The molecule has 0 aliphatic heterocycles. The van der Waals surface area contributed by atoms with Crippen LogP contribution in [0.2, 0.25) is 10.0 Å². The maximum Gasteiger partial charge on any atom is 0.225 e. The van der Waals surface area contributed by atoms with Gasteiger partial charge in [0.25, 0.3) is 0 Å². The fourth-order valence-electron chi connectivity index (χ4n) is 1.19. The molecule has 1 aromatic rings. The van der Waals surface area contributed by atoms with Gasteiger partial charge in [-0.05, 0) is 18.7 Å². The van der Waals surface area contributed by atoms with Gasteiger partial charge in [-0.15, -0.1) is 0 Å². The van der Waals surface area contributed by atoms with Crippen molar-refractivity contribution in [3.05, 3.63) is 28.2 Å². The van der Waals surface area contributed by atoms with Crippen LogP contribution in [0, 0.1) is 0 Å². The van der Waals surface area contributed by atoms with Crippen LogP contribution in [-0.4, -0.2) is 19.0 Å². The molecule has 0 heterocycles. The van der Waals surface area contributed by atoms with Gasteiger partial charge in [0, 0.05) is 13.0 Å². The molecule has 0 saturated heterocycles. The Morgan fingerprint density at radius 1 is 1.38 bits per heavy atom. The Balaban J connectivity index is 2.53. The maximum absolute atomic E-state index is 11.5. The van der Waals surface area contributed by atoms with Crippen molar-refractivity contribution in [3.8, 4) is 0 Å². The first-order valence-corrected chi connectivity index (χ1v) is 5.85. The van der Waals surface area contributed by atoms with Crippen molar-refractivity contribution in [1.29, 1.82) is 0 Å². The van der Waals surface area contributed by atoms with Crippen molar-refractivity contribution in [2.75, 3.05) is 18.4 Å². The lowest BCUT2D eigenvalue weighted by Crippen LogP contribution is -2.21. The van der Waals surface area contributed by atoms with Gasteiger partial charge in [-0.1, -0.05) is 36.2 Å². The summed E-state index contributed by atoms with van der Waals surface area (Å²) < 4.78 is 0. The Morgan fingerprint density at radius 3 is 2.81 bits per heavy atom. The first-order chi connectivity index (χ1) is 7.65. The molecule has 0 saturated carbocycles. The molecule has 1 rings (SSSR count). The predicted molar refractivity (Wildman–Crippen MR) is 68.3 cm³/mol. The van der Waals surface area contributed by atoms with Crippen LogP contribution in [0.15, 0.2) is 18.2 Å². The number of hydrogen-bond acceptors (Lipinski definition) is 2. The molecule has 3 nitrogen and oxygen atoms in total. The summed E-state index contributed by atoms with van der Waals surface area (Å²) in [4.78, 5) is 11.5. The van der Waals surface area contributed by atoms with Gasteiger partial charge in [0.1, 0.15) is 0 Å². The highest BCUT2D eigenvalue weighted by molar-refractivity contribution is 6.43. The lowest BCUT2D eigenvalue weighted by Gasteiger charge is -2.08. The second kappa shape index (κ2) is 6.74. The summed E-state index contributed by atoms with van der Waals surface area (Å²) in [6.07, 6.45) is 0.413. The van der Waals surface area contributed by atoms with Gasteiger partial charge >= 0.3 is 0 Å². The quantitative estimate of drug-likeness (QED) is 0.800. The van der Waals surface area contributed by atoms with E-state index in [9.17, 15) is 4.79 Å². The van der Waals surface area contributed by atoms with Gasteiger partial charge in [-0.2, -0.15) is 0 Å². The second-order valence-corrected chi connectivity index (χ2v) is 4.04. The van der Waals surface area contributed by atoms with E-state index in [1.807, 2.05) is 6.92 Å². The van der Waals surface area contributed by atoms with Crippen LogP contribution < -0.4 is 10.6 Å². The maximum atomic E-state index is 11.5. The van der Waals surface area contributed by atoms with Crippen LogP contribution in [0.4, 0.5) is 5.69 Å². The number of amides is 1. The van der Waals surface area contributed by atoms with Gasteiger partial charge in [-0.3, -0.25) is 4.79 Å². The fraction of sp³-hybridized carbons (Fsp3) is 0.364. The molecule has 5 heteroatoms. The minimum absolute atomic E-state index is 0.0786. The monoisotopic (exact) mass is 260 g/mol. The molecule has 88 valence electrons. The minimum atomic E-state index is -0.0786. The molecular formula is C11H14Cl2N2O. The summed E-state index contributed by atoms with van der Waals surface area (Å²) in [5.41, 5.74) is 0.552. The largest absolute Gasteiger partial charge is 0.325 e. The van der Waals surface area contributed by atoms with Crippen molar-refractivity contribution in [2.24, 2.45) is 0 Å². The molecule has 1 amide bonds. The smallest absolute Gasteiger partial charge is 0.225 e. The van der Waals surface area contributed by atoms with Gasteiger partial charge < -0.3 is 10.6 Å². The zero-order valence-corrected chi connectivity index (χ0v) is 10.5. The molecule has 0 bridgehead atoms. The molecule has 0 atom stereocenters. The summed E-state index contributed by atoms with van der Waals surface area (Å²) in [6.45, 7) is 3.50. The van der Waals surface area contributed by atoms with Gasteiger partial charge in [0.05, 0.1) is 15.7 Å². The second-order valence-electron chi connectivity index (χ2n) is 3.25. The summed E-state index contributed by atoms with van der Waals surface area (Å²) in [5, 5.41) is 6.60. The Kier molecular flexibility index (Phi) is 5.60. The van der Waals surface area contributed by atoms with Crippen molar-refractivity contribution in [3.63, 3.8) is 0 Å². The predicted octanol–water partition coefficient (Wildman–Crippen LogP) is 2.93. The van der Waals surface area contributed by atoms with Crippen LogP contribution in [0.1, 0.15) is 13.3 Å². The zero-order valence-electron chi connectivity index (χ0n) is 9.02. The Morgan fingerprint density at radius 2 is 2.12 bits per heavy atom. The number of carbonyl (C=O) groups is 1. The average molecular weight is 261 g/mol. The fourth-order valence-corrected chi connectivity index (χ4v) is 1.54. The van der Waals surface area contributed by atoms with E-state index in [0.29, 0.717) is 28.7 Å². The van der Waals surface area contributed by atoms with Crippen LogP contribution in [0.3, 0.4) is 0 Å². The molecule has 16 heavy (non-hydrogen) atoms. The van der Waals surface area contributed by atoms with E-state index in [1.165, 1.54) is 0 Å². The van der Waals surface area contributed by atoms with Crippen LogP contribution in [0.5, 0.6) is 0 Å². The third-order valence-corrected chi connectivity index (χ3v) is 2.82. The number of anilines is 1. The zero-order chi connectivity index (χ0) is 12.0. The Labute approximate surface area is 105 Å². The van der Waals surface area contributed by atoms with Crippen LogP contribution in [0.25, 0.3) is 0 Å². The highest BCUT2D eigenvalue weighted by atomic mass is 35.5. The number of nitrogens with one attached hydrogen (secondary N) is 2. The molecule has 0 spiro atoms. The molecule has 1 aromatic carbocycles. The third-order valence-electron chi connectivity index (χ3n) is 2.00. The summed E-state index contributed by atoms with van der Waals surface area (Å²) >= 11 is 11.8. The topological polar surface area (TPSA) is 41.1 Å². The molecule has 2 N–H and O–H groups in total. The van der Waals surface area contributed by atoms with E-state index in [1.54, 1.807) is 18.2 Å². The average Bonchev–Trinajstić information content (AvgIpc) is 2.25. The van der Waals surface area contributed by atoms with Gasteiger partial charge in [0.15, 0.2) is 0 Å². The number of halogens is 2. The van der Waals surface area contributed by atoms with Gasteiger partial charge in [-0.25, -0.2) is 0 Å². The van der Waals surface area contributed by atoms with E-state index in [2.05, 4.69) is 10.6 Å². The lowest BCUT2D eigenvalue weighted by atomic mass is 10.3. The standard InChI is InChI=1S/C11H14Cl2N2O/c1-2-14-7-6-10(16)15-9-5-3-4-8(12)11(9)13/h3-5,14H,2,6-7H2,1H3,(H,15,16). The molecule has 0 unspecified atom stereocenters. The van der Waals surface area contributed by atoms with Crippen molar-refractivity contribution in [2.45, 2.75) is 13.3 Å².